The smallest absolute Gasteiger partial charge is 0.324 e. The van der Waals surface area contributed by atoms with Crippen molar-refractivity contribution in [1.82, 2.24) is 9.55 Å². The number of benzene rings is 2. The molecular formula is C27H25F3N4O3S. The summed E-state index contributed by atoms with van der Waals surface area (Å²) in [6.45, 7) is 7.16. The lowest BCUT2D eigenvalue weighted by Crippen LogP contribution is -2.33. The molecule has 2 amide bonds. The first kappa shape index (κ1) is 27.1. The van der Waals surface area contributed by atoms with Crippen molar-refractivity contribution in [3.8, 4) is 0 Å². The normalized spacial score (nSPS) is 12.4. The van der Waals surface area contributed by atoms with Gasteiger partial charge >= 0.3 is 6.18 Å². The molecule has 0 saturated heterocycles. The largest absolute Gasteiger partial charge is 0.416 e. The molecule has 11 heteroatoms. The molecule has 2 aromatic carbocycles. The molecule has 2 N–H and O–H groups in total. The van der Waals surface area contributed by atoms with Crippen molar-refractivity contribution in [3.05, 3.63) is 86.3 Å². The van der Waals surface area contributed by atoms with Gasteiger partial charge in [-0.05, 0) is 62.6 Å². The first-order valence-corrected chi connectivity index (χ1v) is 12.6. The number of carbonyl (C=O) groups excluding carboxylic acids is 2. The van der Waals surface area contributed by atoms with Gasteiger partial charge in [0.2, 0.25) is 5.91 Å². The monoisotopic (exact) mass is 542 g/mol. The first-order chi connectivity index (χ1) is 17.9. The quantitative estimate of drug-likeness (QED) is 0.302. The van der Waals surface area contributed by atoms with Crippen LogP contribution in [0.15, 0.2) is 53.6 Å². The molecule has 198 valence electrons. The zero-order valence-corrected chi connectivity index (χ0v) is 21.9. The van der Waals surface area contributed by atoms with Crippen molar-refractivity contribution < 1.29 is 22.8 Å². The maximum atomic E-state index is 13.4. The van der Waals surface area contributed by atoms with Crippen LogP contribution < -0.4 is 16.2 Å². The standard InChI is InChI=1S/C27H25F3N4O3S/c1-5-20(23(35)32-18-8-6-7-17(12-18)27(28,29)30)34-13-31-25-21(26(34)37)16(4)22(38-25)24(36)33-19-10-9-14(2)11-15(19)3/h6-13,20H,5H2,1-4H3,(H,32,35)(H,33,36). The minimum atomic E-state index is -4.56. The second-order valence-electron chi connectivity index (χ2n) is 8.96. The van der Waals surface area contributed by atoms with Gasteiger partial charge in [0.05, 0.1) is 22.2 Å². The molecule has 0 fully saturated rings. The van der Waals surface area contributed by atoms with E-state index in [1.807, 2.05) is 32.0 Å². The van der Waals surface area contributed by atoms with Crippen molar-refractivity contribution >= 4 is 44.7 Å². The molecule has 0 aliphatic heterocycles. The van der Waals surface area contributed by atoms with Crippen molar-refractivity contribution in [2.45, 2.75) is 46.3 Å². The summed E-state index contributed by atoms with van der Waals surface area (Å²) in [5.41, 5.74) is 1.60. The summed E-state index contributed by atoms with van der Waals surface area (Å²) in [5, 5.41) is 5.56. The maximum Gasteiger partial charge on any atom is 0.416 e. The number of hydrogen-bond acceptors (Lipinski definition) is 5. The van der Waals surface area contributed by atoms with Gasteiger partial charge in [0, 0.05) is 11.4 Å². The SMILES string of the molecule is CCC(C(=O)Nc1cccc(C(F)(F)F)c1)n1cnc2sc(C(=O)Nc3ccc(C)cc3C)c(C)c2c1=O. The van der Waals surface area contributed by atoms with E-state index in [0.29, 0.717) is 21.0 Å². The van der Waals surface area contributed by atoms with Crippen molar-refractivity contribution in [3.63, 3.8) is 0 Å². The number of nitrogens with zero attached hydrogens (tertiary/aromatic N) is 2. The highest BCUT2D eigenvalue weighted by atomic mass is 32.1. The number of rotatable bonds is 6. The Balaban J connectivity index is 1.64. The number of amides is 2. The fourth-order valence-electron chi connectivity index (χ4n) is 4.22. The molecule has 0 aliphatic rings. The summed E-state index contributed by atoms with van der Waals surface area (Å²) in [5.74, 6) is -1.03. The van der Waals surface area contributed by atoms with Crippen LogP contribution in [0, 0.1) is 20.8 Å². The van der Waals surface area contributed by atoms with Gasteiger partial charge in [-0.25, -0.2) is 4.98 Å². The van der Waals surface area contributed by atoms with Crippen LogP contribution in [0.1, 0.15) is 51.3 Å². The van der Waals surface area contributed by atoms with E-state index in [0.717, 1.165) is 39.2 Å². The molecule has 2 heterocycles. The van der Waals surface area contributed by atoms with Gasteiger partial charge < -0.3 is 10.6 Å². The Hall–Kier alpha value is -3.99. The Morgan fingerprint density at radius 2 is 1.82 bits per heavy atom. The number of carbonyl (C=O) groups is 2. The van der Waals surface area contributed by atoms with Crippen molar-refractivity contribution in [2.75, 3.05) is 10.6 Å². The second kappa shape index (κ2) is 10.4. The van der Waals surface area contributed by atoms with E-state index < -0.39 is 29.2 Å². The number of anilines is 2. The number of hydrogen-bond donors (Lipinski definition) is 2. The Kier molecular flexibility index (Phi) is 7.41. The van der Waals surface area contributed by atoms with Crippen LogP contribution in [0.5, 0.6) is 0 Å². The molecule has 1 atom stereocenters. The summed E-state index contributed by atoms with van der Waals surface area (Å²) in [7, 11) is 0. The lowest BCUT2D eigenvalue weighted by molar-refractivity contribution is -0.137. The Morgan fingerprint density at radius 3 is 2.47 bits per heavy atom. The van der Waals surface area contributed by atoms with E-state index in [9.17, 15) is 27.6 Å². The molecule has 0 aliphatic carbocycles. The summed E-state index contributed by atoms with van der Waals surface area (Å²) in [4.78, 5) is 44.5. The Labute approximate surface area is 220 Å². The highest BCUT2D eigenvalue weighted by Crippen LogP contribution is 2.31. The van der Waals surface area contributed by atoms with E-state index >= 15 is 0 Å². The highest BCUT2D eigenvalue weighted by Gasteiger charge is 2.31. The van der Waals surface area contributed by atoms with Crippen LogP contribution in [0.3, 0.4) is 0 Å². The van der Waals surface area contributed by atoms with Crippen molar-refractivity contribution in [2.24, 2.45) is 0 Å². The van der Waals surface area contributed by atoms with Crippen LogP contribution >= 0.6 is 11.3 Å². The summed E-state index contributed by atoms with van der Waals surface area (Å²) < 4.78 is 40.3. The minimum absolute atomic E-state index is 0.0394. The highest BCUT2D eigenvalue weighted by molar-refractivity contribution is 7.20. The van der Waals surface area contributed by atoms with E-state index in [-0.39, 0.29) is 23.4 Å². The molecule has 4 rings (SSSR count). The van der Waals surface area contributed by atoms with E-state index in [1.165, 1.54) is 18.5 Å². The van der Waals surface area contributed by atoms with Crippen LogP contribution in [0.4, 0.5) is 24.5 Å². The zero-order valence-electron chi connectivity index (χ0n) is 21.1. The molecule has 7 nitrogen and oxygen atoms in total. The van der Waals surface area contributed by atoms with Gasteiger partial charge in [-0.15, -0.1) is 11.3 Å². The molecule has 0 spiro atoms. The molecule has 0 saturated carbocycles. The number of nitrogens with one attached hydrogen (secondary N) is 2. The molecular weight excluding hydrogens is 517 g/mol. The van der Waals surface area contributed by atoms with Crippen LogP contribution in [-0.4, -0.2) is 21.4 Å². The summed E-state index contributed by atoms with van der Waals surface area (Å²) >= 11 is 1.07. The maximum absolute atomic E-state index is 13.4. The Morgan fingerprint density at radius 1 is 1.08 bits per heavy atom. The lowest BCUT2D eigenvalue weighted by Gasteiger charge is -2.18. The molecule has 1 unspecified atom stereocenters. The lowest BCUT2D eigenvalue weighted by atomic mass is 10.1. The number of aryl methyl sites for hydroxylation is 3. The molecule has 0 radical (unpaired) electrons. The summed E-state index contributed by atoms with van der Waals surface area (Å²) in [6.07, 6.45) is -3.15. The molecule has 2 aromatic heterocycles. The van der Waals surface area contributed by atoms with Gasteiger partial charge in [-0.3, -0.25) is 19.0 Å². The predicted octanol–water partition coefficient (Wildman–Crippen LogP) is 6.24. The fraction of sp³-hybridized carbons (Fsp3) is 0.259. The van der Waals surface area contributed by atoms with Gasteiger partial charge in [0.15, 0.2) is 0 Å². The molecule has 4 aromatic rings. The summed E-state index contributed by atoms with van der Waals surface area (Å²) in [6, 6.07) is 8.89. The fourth-order valence-corrected chi connectivity index (χ4v) is 5.25. The van der Waals surface area contributed by atoms with E-state index in [2.05, 4.69) is 15.6 Å². The van der Waals surface area contributed by atoms with Gasteiger partial charge in [-0.1, -0.05) is 30.7 Å². The Bertz CT molecular complexity index is 1610. The molecule has 38 heavy (non-hydrogen) atoms. The van der Waals surface area contributed by atoms with Gasteiger partial charge in [-0.2, -0.15) is 13.2 Å². The number of thiophene rings is 1. The predicted molar refractivity (Wildman–Crippen MR) is 142 cm³/mol. The average Bonchev–Trinajstić information content (AvgIpc) is 3.19. The van der Waals surface area contributed by atoms with Gasteiger partial charge in [0.25, 0.3) is 11.5 Å². The van der Waals surface area contributed by atoms with Crippen LogP contribution in [0.2, 0.25) is 0 Å². The molecule has 0 bridgehead atoms. The topological polar surface area (TPSA) is 93.1 Å². The van der Waals surface area contributed by atoms with Crippen LogP contribution in [0.25, 0.3) is 10.2 Å². The third-order valence-electron chi connectivity index (χ3n) is 6.19. The third-order valence-corrected chi connectivity index (χ3v) is 7.39. The van der Waals surface area contributed by atoms with Crippen molar-refractivity contribution in [1.29, 1.82) is 0 Å². The first-order valence-electron chi connectivity index (χ1n) is 11.8. The van der Waals surface area contributed by atoms with E-state index in [4.69, 9.17) is 0 Å². The van der Waals surface area contributed by atoms with E-state index in [1.54, 1.807) is 13.8 Å². The number of halogens is 3. The third kappa shape index (κ3) is 5.33. The van der Waals surface area contributed by atoms with Crippen LogP contribution in [-0.2, 0) is 11.0 Å². The average molecular weight is 543 g/mol. The number of alkyl halides is 3. The number of fused-ring (bicyclic) bond motifs is 1. The second-order valence-corrected chi connectivity index (χ2v) is 9.96. The minimum Gasteiger partial charge on any atom is -0.324 e. The van der Waals surface area contributed by atoms with Gasteiger partial charge in [0.1, 0.15) is 10.9 Å². The zero-order chi connectivity index (χ0) is 27.8. The number of aromatic nitrogens is 2.